The maximum Gasteiger partial charge on any atom is 0.163 e. The predicted molar refractivity (Wildman–Crippen MR) is 88.8 cm³/mol. The van der Waals surface area contributed by atoms with Crippen LogP contribution in [0, 0.1) is 0 Å². The molecular formula is C16H19N3O2S. The molecule has 0 radical (unpaired) electrons. The van der Waals surface area contributed by atoms with E-state index < -0.39 is 0 Å². The fourth-order valence-corrected chi connectivity index (χ4v) is 3.39. The smallest absolute Gasteiger partial charge is 0.163 e. The zero-order chi connectivity index (χ0) is 14.9. The summed E-state index contributed by atoms with van der Waals surface area (Å²) in [6.07, 6.45) is 4.21. The molecule has 2 aliphatic heterocycles. The second kappa shape index (κ2) is 5.76. The number of benzene rings is 1. The van der Waals surface area contributed by atoms with E-state index in [0.29, 0.717) is 13.2 Å². The molecule has 1 aromatic carbocycles. The van der Waals surface area contributed by atoms with Crippen molar-refractivity contribution in [2.75, 3.05) is 37.1 Å². The van der Waals surface area contributed by atoms with Gasteiger partial charge in [0.25, 0.3) is 0 Å². The summed E-state index contributed by atoms with van der Waals surface area (Å²) in [4.78, 5) is 0. The van der Waals surface area contributed by atoms with Gasteiger partial charge in [0, 0.05) is 24.6 Å². The molecule has 4 rings (SSSR count). The van der Waals surface area contributed by atoms with E-state index in [9.17, 15) is 0 Å². The standard InChI is InChI=1S/C16H19N3O2S/c1-22-9-5-13-12-4-6-17-16(12)19(18-13)11-2-3-14-15(10-11)21-8-7-20-14/h2-3,10,17H,4-9H2,1H3. The lowest BCUT2D eigenvalue weighted by Gasteiger charge is -2.19. The number of fused-ring (bicyclic) bond motifs is 2. The highest BCUT2D eigenvalue weighted by molar-refractivity contribution is 7.98. The second-order valence-electron chi connectivity index (χ2n) is 5.43. The van der Waals surface area contributed by atoms with Crippen molar-refractivity contribution in [2.45, 2.75) is 12.8 Å². The Kier molecular flexibility index (Phi) is 3.62. The first-order valence-electron chi connectivity index (χ1n) is 7.60. The van der Waals surface area contributed by atoms with Gasteiger partial charge in [-0.3, -0.25) is 0 Å². The quantitative estimate of drug-likeness (QED) is 0.939. The Morgan fingerprint density at radius 3 is 3.00 bits per heavy atom. The van der Waals surface area contributed by atoms with Crippen LogP contribution >= 0.6 is 11.8 Å². The molecule has 0 bridgehead atoms. The van der Waals surface area contributed by atoms with Gasteiger partial charge >= 0.3 is 0 Å². The van der Waals surface area contributed by atoms with Crippen molar-refractivity contribution in [1.29, 1.82) is 0 Å². The normalized spacial score (nSPS) is 15.5. The Balaban J connectivity index is 1.73. The van der Waals surface area contributed by atoms with E-state index in [4.69, 9.17) is 14.6 Å². The molecule has 1 N–H and O–H groups in total. The Morgan fingerprint density at radius 2 is 2.14 bits per heavy atom. The fourth-order valence-electron chi connectivity index (χ4n) is 3.00. The van der Waals surface area contributed by atoms with Crippen LogP contribution in [0.4, 0.5) is 5.82 Å². The van der Waals surface area contributed by atoms with Gasteiger partial charge in [-0.15, -0.1) is 0 Å². The van der Waals surface area contributed by atoms with Gasteiger partial charge in [0.2, 0.25) is 0 Å². The number of anilines is 1. The van der Waals surface area contributed by atoms with Gasteiger partial charge in [0.1, 0.15) is 19.0 Å². The number of hydrogen-bond acceptors (Lipinski definition) is 5. The van der Waals surface area contributed by atoms with Crippen molar-refractivity contribution in [3.63, 3.8) is 0 Å². The lowest BCUT2D eigenvalue weighted by atomic mass is 10.2. The molecule has 1 aromatic heterocycles. The minimum atomic E-state index is 0.602. The molecule has 0 saturated heterocycles. The predicted octanol–water partition coefficient (Wildman–Crippen LogP) is 2.52. The fraction of sp³-hybridized carbons (Fsp3) is 0.438. The molecule has 0 fully saturated rings. The average Bonchev–Trinajstić information content (AvgIpc) is 3.15. The third-order valence-corrected chi connectivity index (χ3v) is 4.66. The maximum absolute atomic E-state index is 5.69. The van der Waals surface area contributed by atoms with E-state index in [1.54, 1.807) is 0 Å². The highest BCUT2D eigenvalue weighted by Crippen LogP contribution is 2.35. The van der Waals surface area contributed by atoms with Gasteiger partial charge in [-0.2, -0.15) is 16.9 Å². The molecule has 0 saturated carbocycles. The number of aryl methyl sites for hydroxylation is 1. The Hall–Kier alpha value is -1.82. The number of nitrogens with zero attached hydrogens (tertiary/aromatic N) is 2. The SMILES string of the molecule is CSCCc1nn(-c2ccc3c(c2)OCCO3)c2c1CCN2. The highest BCUT2D eigenvalue weighted by atomic mass is 32.2. The van der Waals surface area contributed by atoms with E-state index in [1.807, 2.05) is 34.6 Å². The number of rotatable bonds is 4. The molecule has 0 atom stereocenters. The van der Waals surface area contributed by atoms with Crippen LogP contribution in [0.25, 0.3) is 5.69 Å². The first kappa shape index (κ1) is 13.8. The molecule has 0 unspecified atom stereocenters. The van der Waals surface area contributed by atoms with Crippen LogP contribution in [0.2, 0.25) is 0 Å². The summed E-state index contributed by atoms with van der Waals surface area (Å²) in [7, 11) is 0. The van der Waals surface area contributed by atoms with Gasteiger partial charge in [-0.1, -0.05) is 0 Å². The summed E-state index contributed by atoms with van der Waals surface area (Å²) < 4.78 is 13.3. The van der Waals surface area contributed by atoms with Crippen LogP contribution in [-0.4, -0.2) is 41.5 Å². The highest BCUT2D eigenvalue weighted by Gasteiger charge is 2.23. The van der Waals surface area contributed by atoms with Crippen molar-refractivity contribution >= 4 is 17.6 Å². The third-order valence-electron chi connectivity index (χ3n) is 4.05. The zero-order valence-corrected chi connectivity index (χ0v) is 13.4. The summed E-state index contributed by atoms with van der Waals surface area (Å²) in [6, 6.07) is 6.02. The van der Waals surface area contributed by atoms with Crippen LogP contribution in [0.1, 0.15) is 11.3 Å². The monoisotopic (exact) mass is 317 g/mol. The van der Waals surface area contributed by atoms with Crippen LogP contribution in [0.15, 0.2) is 18.2 Å². The van der Waals surface area contributed by atoms with Crippen LogP contribution < -0.4 is 14.8 Å². The number of hydrogen-bond donors (Lipinski definition) is 1. The van der Waals surface area contributed by atoms with E-state index in [0.717, 1.165) is 48.1 Å². The number of aromatic nitrogens is 2. The average molecular weight is 317 g/mol. The molecule has 3 heterocycles. The van der Waals surface area contributed by atoms with Crippen molar-refractivity contribution in [3.05, 3.63) is 29.5 Å². The van der Waals surface area contributed by atoms with Crippen LogP contribution in [-0.2, 0) is 12.8 Å². The minimum Gasteiger partial charge on any atom is -0.486 e. The molecule has 2 aliphatic rings. The van der Waals surface area contributed by atoms with E-state index in [-0.39, 0.29) is 0 Å². The molecular weight excluding hydrogens is 298 g/mol. The zero-order valence-electron chi connectivity index (χ0n) is 12.6. The maximum atomic E-state index is 5.69. The molecule has 0 spiro atoms. The van der Waals surface area contributed by atoms with Gasteiger partial charge < -0.3 is 14.8 Å². The molecule has 116 valence electrons. The lowest BCUT2D eigenvalue weighted by molar-refractivity contribution is 0.171. The molecule has 22 heavy (non-hydrogen) atoms. The number of ether oxygens (including phenoxy) is 2. The molecule has 0 amide bonds. The van der Waals surface area contributed by atoms with Crippen LogP contribution in [0.3, 0.4) is 0 Å². The third kappa shape index (κ3) is 2.31. The van der Waals surface area contributed by atoms with E-state index in [1.165, 1.54) is 11.3 Å². The molecule has 0 aliphatic carbocycles. The van der Waals surface area contributed by atoms with E-state index in [2.05, 4.69) is 11.6 Å². The summed E-state index contributed by atoms with van der Waals surface area (Å²) in [5.41, 5.74) is 3.60. The Morgan fingerprint density at radius 1 is 1.27 bits per heavy atom. The van der Waals surface area contributed by atoms with Gasteiger partial charge in [0.05, 0.1) is 11.4 Å². The van der Waals surface area contributed by atoms with Gasteiger partial charge in [-0.05, 0) is 30.6 Å². The van der Waals surface area contributed by atoms with Crippen molar-refractivity contribution in [3.8, 4) is 17.2 Å². The lowest BCUT2D eigenvalue weighted by Crippen LogP contribution is -2.15. The summed E-state index contributed by atoms with van der Waals surface area (Å²) in [6.45, 7) is 2.21. The topological polar surface area (TPSA) is 48.3 Å². The van der Waals surface area contributed by atoms with Crippen molar-refractivity contribution in [1.82, 2.24) is 9.78 Å². The minimum absolute atomic E-state index is 0.602. The number of nitrogens with one attached hydrogen (secondary N) is 1. The second-order valence-corrected chi connectivity index (χ2v) is 6.42. The summed E-state index contributed by atoms with van der Waals surface area (Å²) >= 11 is 1.86. The first-order valence-corrected chi connectivity index (χ1v) is 9.00. The van der Waals surface area contributed by atoms with E-state index >= 15 is 0 Å². The molecule has 6 heteroatoms. The molecule has 2 aromatic rings. The Labute approximate surface area is 134 Å². The van der Waals surface area contributed by atoms with Crippen LogP contribution in [0.5, 0.6) is 11.5 Å². The van der Waals surface area contributed by atoms with Gasteiger partial charge in [0.15, 0.2) is 11.5 Å². The Bertz CT molecular complexity index is 699. The summed E-state index contributed by atoms with van der Waals surface area (Å²) in [5, 5.41) is 8.30. The molecule has 5 nitrogen and oxygen atoms in total. The summed E-state index contributed by atoms with van der Waals surface area (Å²) in [5.74, 6) is 3.85. The van der Waals surface area contributed by atoms with Crippen molar-refractivity contribution < 1.29 is 9.47 Å². The van der Waals surface area contributed by atoms with Gasteiger partial charge in [-0.25, -0.2) is 4.68 Å². The largest absolute Gasteiger partial charge is 0.486 e. The van der Waals surface area contributed by atoms with Crippen molar-refractivity contribution in [2.24, 2.45) is 0 Å². The number of thioether (sulfide) groups is 1. The first-order chi connectivity index (χ1) is 10.9.